The second kappa shape index (κ2) is 14.8. The molecule has 48 heavy (non-hydrogen) atoms. The first kappa shape index (κ1) is 35.8. The molecule has 2 atom stereocenters. The second-order valence-electron chi connectivity index (χ2n) is 14.0. The average molecular weight is 659 g/mol. The van der Waals surface area contributed by atoms with E-state index < -0.39 is 29.3 Å². The number of carbonyl (C=O) groups excluding carboxylic acids is 4. The van der Waals surface area contributed by atoms with E-state index >= 15 is 0 Å². The Balaban J connectivity index is 1.25. The molecule has 0 aromatic heterocycles. The Hall–Kier alpha value is -5.06. The summed E-state index contributed by atoms with van der Waals surface area (Å²) in [6, 6.07) is 21.1. The highest BCUT2D eigenvalue weighted by molar-refractivity contribution is 6.07. The van der Waals surface area contributed by atoms with Gasteiger partial charge in [-0.1, -0.05) is 36.4 Å². The summed E-state index contributed by atoms with van der Waals surface area (Å²) in [7, 11) is 0. The number of benzene rings is 3. The smallest absolute Gasteiger partial charge is 0.412 e. The van der Waals surface area contributed by atoms with Gasteiger partial charge in [0.25, 0.3) is 5.91 Å². The van der Waals surface area contributed by atoms with Gasteiger partial charge in [0.1, 0.15) is 17.8 Å². The summed E-state index contributed by atoms with van der Waals surface area (Å²) in [6.45, 7) is 14.9. The molecular weight excluding hydrogens is 612 g/mol. The number of anilines is 3. The van der Waals surface area contributed by atoms with Crippen molar-refractivity contribution >= 4 is 41.2 Å². The van der Waals surface area contributed by atoms with Crippen molar-refractivity contribution in [3.8, 4) is 0 Å². The minimum Gasteiger partial charge on any atom is -0.444 e. The number of nitrogens with one attached hydrogen (secondary N) is 3. The second-order valence-corrected chi connectivity index (χ2v) is 14.0. The van der Waals surface area contributed by atoms with Crippen LogP contribution in [-0.2, 0) is 20.8 Å². The minimum absolute atomic E-state index is 0.0201. The SMILES string of the molecule is CC(C)N(C(=O)OC(C)(C)C)C1CC1c1ccc(COC(=O)Nc2ccc(C(=O)Nc3ccccc3NC(=O)OC(C)(C)C)cc2)cc1. The van der Waals surface area contributed by atoms with Crippen LogP contribution in [-0.4, -0.2) is 52.4 Å². The first-order valence-electron chi connectivity index (χ1n) is 16.0. The van der Waals surface area contributed by atoms with Crippen molar-refractivity contribution in [2.24, 2.45) is 0 Å². The summed E-state index contributed by atoms with van der Waals surface area (Å²) in [6.07, 6.45) is -0.695. The van der Waals surface area contributed by atoms with Crippen LogP contribution in [0.25, 0.3) is 0 Å². The molecule has 1 saturated carbocycles. The topological polar surface area (TPSA) is 135 Å². The van der Waals surface area contributed by atoms with E-state index in [1.54, 1.807) is 69.3 Å². The fourth-order valence-electron chi connectivity index (χ4n) is 5.07. The van der Waals surface area contributed by atoms with Crippen LogP contribution in [0.2, 0.25) is 0 Å². The maximum atomic E-state index is 12.9. The van der Waals surface area contributed by atoms with Crippen molar-refractivity contribution in [3.63, 3.8) is 0 Å². The maximum absolute atomic E-state index is 12.9. The molecule has 4 rings (SSSR count). The number of hydrogen-bond acceptors (Lipinski definition) is 7. The molecular formula is C37H46N4O7. The van der Waals surface area contributed by atoms with Gasteiger partial charge >= 0.3 is 18.3 Å². The van der Waals surface area contributed by atoms with E-state index in [1.807, 2.05) is 63.8 Å². The molecule has 11 nitrogen and oxygen atoms in total. The number of nitrogens with zero attached hydrogens (tertiary/aromatic N) is 1. The highest BCUT2D eigenvalue weighted by Crippen LogP contribution is 2.46. The van der Waals surface area contributed by atoms with Crippen molar-refractivity contribution in [3.05, 3.63) is 89.5 Å². The summed E-state index contributed by atoms with van der Waals surface area (Å²) in [5.74, 6) is -0.169. The van der Waals surface area contributed by atoms with E-state index in [9.17, 15) is 19.2 Å². The predicted molar refractivity (Wildman–Crippen MR) is 185 cm³/mol. The molecule has 1 fully saturated rings. The molecule has 1 aliphatic carbocycles. The van der Waals surface area contributed by atoms with Crippen LogP contribution in [0.4, 0.5) is 31.4 Å². The molecule has 2 unspecified atom stereocenters. The van der Waals surface area contributed by atoms with Crippen LogP contribution in [0.5, 0.6) is 0 Å². The van der Waals surface area contributed by atoms with Crippen molar-refractivity contribution in [2.45, 2.75) is 97.6 Å². The number of carbonyl (C=O) groups is 4. The van der Waals surface area contributed by atoms with Crippen LogP contribution >= 0.6 is 0 Å². The van der Waals surface area contributed by atoms with Gasteiger partial charge in [-0.05, 0) is 109 Å². The van der Waals surface area contributed by atoms with E-state index in [2.05, 4.69) is 16.0 Å². The Morgan fingerprint density at radius 3 is 1.90 bits per heavy atom. The molecule has 0 spiro atoms. The fraction of sp³-hybridized carbons (Fsp3) is 0.405. The van der Waals surface area contributed by atoms with Crippen molar-refractivity contribution in [1.29, 1.82) is 0 Å². The molecule has 0 aliphatic heterocycles. The zero-order chi connectivity index (χ0) is 35.2. The summed E-state index contributed by atoms with van der Waals surface area (Å²) < 4.78 is 16.3. The van der Waals surface area contributed by atoms with Gasteiger partial charge in [0.15, 0.2) is 0 Å². The molecule has 0 heterocycles. The predicted octanol–water partition coefficient (Wildman–Crippen LogP) is 8.54. The van der Waals surface area contributed by atoms with E-state index in [-0.39, 0.29) is 30.7 Å². The van der Waals surface area contributed by atoms with Crippen LogP contribution in [0.1, 0.15) is 89.2 Å². The Morgan fingerprint density at radius 2 is 1.33 bits per heavy atom. The van der Waals surface area contributed by atoms with Gasteiger partial charge in [-0.2, -0.15) is 0 Å². The molecule has 3 N–H and O–H groups in total. The Bertz CT molecular complexity index is 1610. The summed E-state index contributed by atoms with van der Waals surface area (Å²) in [5.41, 5.74) is 2.33. The summed E-state index contributed by atoms with van der Waals surface area (Å²) in [5, 5.41) is 8.11. The molecule has 0 radical (unpaired) electrons. The normalized spacial score (nSPS) is 15.6. The lowest BCUT2D eigenvalue weighted by Gasteiger charge is -2.30. The number of hydrogen-bond donors (Lipinski definition) is 3. The molecule has 1 aliphatic rings. The van der Waals surface area contributed by atoms with E-state index in [1.165, 1.54) is 0 Å². The van der Waals surface area contributed by atoms with Gasteiger partial charge in [0.2, 0.25) is 0 Å². The van der Waals surface area contributed by atoms with Crippen molar-refractivity contribution in [2.75, 3.05) is 16.0 Å². The standard InChI is InChI=1S/C37H46N4O7/c1-23(2)41(35(45)48-37(6,7)8)31-21-28(31)25-15-13-24(14-16-25)22-46-33(43)38-27-19-17-26(18-20-27)32(42)39-29-11-9-10-12-30(29)40-34(44)47-36(3,4)5/h9-20,23,28,31H,21-22H2,1-8H3,(H,38,43)(H,39,42)(H,40,44). The number of rotatable bonds is 9. The first-order valence-corrected chi connectivity index (χ1v) is 16.0. The van der Waals surface area contributed by atoms with E-state index in [4.69, 9.17) is 14.2 Å². The largest absolute Gasteiger partial charge is 0.444 e. The van der Waals surface area contributed by atoms with Gasteiger partial charge in [-0.25, -0.2) is 14.4 Å². The van der Waals surface area contributed by atoms with E-state index in [0.717, 1.165) is 17.5 Å². The lowest BCUT2D eigenvalue weighted by molar-refractivity contribution is 0.0167. The minimum atomic E-state index is -0.667. The molecule has 3 aromatic carbocycles. The maximum Gasteiger partial charge on any atom is 0.412 e. The van der Waals surface area contributed by atoms with Crippen LogP contribution < -0.4 is 16.0 Å². The van der Waals surface area contributed by atoms with Crippen LogP contribution in [0.15, 0.2) is 72.8 Å². The van der Waals surface area contributed by atoms with Gasteiger partial charge in [-0.15, -0.1) is 0 Å². The van der Waals surface area contributed by atoms with Crippen molar-refractivity contribution in [1.82, 2.24) is 4.90 Å². The van der Waals surface area contributed by atoms with Gasteiger partial charge < -0.3 is 24.4 Å². The molecule has 11 heteroatoms. The quantitative estimate of drug-likeness (QED) is 0.196. The number of amides is 4. The van der Waals surface area contributed by atoms with E-state index in [0.29, 0.717) is 22.6 Å². The lowest BCUT2D eigenvalue weighted by atomic mass is 10.1. The molecule has 256 valence electrons. The van der Waals surface area contributed by atoms with Gasteiger partial charge in [0, 0.05) is 29.3 Å². The zero-order valence-electron chi connectivity index (χ0n) is 28.9. The van der Waals surface area contributed by atoms with Crippen LogP contribution in [0, 0.1) is 0 Å². The summed E-state index contributed by atoms with van der Waals surface area (Å²) >= 11 is 0. The summed E-state index contributed by atoms with van der Waals surface area (Å²) in [4.78, 5) is 52.2. The Kier molecular flexibility index (Phi) is 11.0. The number of para-hydroxylation sites is 2. The highest BCUT2D eigenvalue weighted by atomic mass is 16.6. The van der Waals surface area contributed by atoms with Gasteiger partial charge in [-0.3, -0.25) is 15.4 Å². The first-order chi connectivity index (χ1) is 22.5. The molecule has 4 amide bonds. The number of ether oxygens (including phenoxy) is 3. The third-order valence-electron chi connectivity index (χ3n) is 7.26. The molecule has 0 bridgehead atoms. The van der Waals surface area contributed by atoms with Crippen LogP contribution in [0.3, 0.4) is 0 Å². The third kappa shape index (κ3) is 10.5. The highest BCUT2D eigenvalue weighted by Gasteiger charge is 2.47. The zero-order valence-corrected chi connectivity index (χ0v) is 28.9. The monoisotopic (exact) mass is 658 g/mol. The third-order valence-corrected chi connectivity index (χ3v) is 7.26. The fourth-order valence-corrected chi connectivity index (χ4v) is 5.07. The Labute approximate surface area is 282 Å². The van der Waals surface area contributed by atoms with Gasteiger partial charge in [0.05, 0.1) is 11.4 Å². The molecule has 0 saturated heterocycles. The van der Waals surface area contributed by atoms with Crippen molar-refractivity contribution < 1.29 is 33.4 Å². The lowest BCUT2D eigenvalue weighted by Crippen LogP contribution is -2.42. The molecule has 3 aromatic rings. The Morgan fingerprint density at radius 1 is 0.750 bits per heavy atom. The average Bonchev–Trinajstić information content (AvgIpc) is 3.75.